The minimum Gasteiger partial charge on any atom is -0.312 e. The molecule has 2 amide bonds. The molecular weight excluding hydrogens is 300 g/mol. The Morgan fingerprint density at radius 3 is 2.72 bits per heavy atom. The third-order valence-corrected chi connectivity index (χ3v) is 3.37. The van der Waals surface area contributed by atoms with Crippen LogP contribution in [-0.2, 0) is 14.4 Å². The van der Waals surface area contributed by atoms with E-state index >= 15 is 0 Å². The van der Waals surface area contributed by atoms with Crippen LogP contribution in [0, 0.1) is 5.92 Å². The normalized spacial score (nSPS) is 19.1. The molecule has 2 rings (SSSR count). The molecule has 1 atom stereocenters. The van der Waals surface area contributed by atoms with Crippen LogP contribution in [0.3, 0.4) is 0 Å². The number of nitrogens with one attached hydrogen (secondary N) is 1. The van der Waals surface area contributed by atoms with Crippen LogP contribution < -0.4 is 10.4 Å². The van der Waals surface area contributed by atoms with Gasteiger partial charge in [0.25, 0.3) is 0 Å². The van der Waals surface area contributed by atoms with E-state index in [0.717, 1.165) is 10.2 Å². The highest BCUT2D eigenvalue weighted by atomic mass is 79.9. The summed E-state index contributed by atoms with van der Waals surface area (Å²) in [6, 6.07) is 7.42. The number of hydrogen-bond acceptors (Lipinski definition) is 3. The number of nitrogens with zero attached hydrogens (tertiary/aromatic N) is 1. The zero-order valence-corrected chi connectivity index (χ0v) is 11.4. The molecule has 1 N–H and O–H groups in total. The van der Waals surface area contributed by atoms with Crippen molar-refractivity contribution in [2.24, 2.45) is 5.92 Å². The first-order chi connectivity index (χ1) is 8.61. The fourth-order valence-electron chi connectivity index (χ4n) is 1.94. The molecule has 1 heterocycles. The third kappa shape index (κ3) is 2.70. The Labute approximate surface area is 113 Å². The van der Waals surface area contributed by atoms with Crippen molar-refractivity contribution in [3.63, 3.8) is 0 Å². The zero-order valence-electron chi connectivity index (χ0n) is 9.85. The van der Waals surface area contributed by atoms with E-state index in [1.165, 1.54) is 7.11 Å². The fraction of sp³-hybridized carbons (Fsp3) is 0.333. The number of benzene rings is 1. The summed E-state index contributed by atoms with van der Waals surface area (Å²) in [5, 5.41) is 0. The Balaban J connectivity index is 2.10. The summed E-state index contributed by atoms with van der Waals surface area (Å²) in [5.74, 6) is -0.667. The minimum absolute atomic E-state index is 0.0476. The molecule has 0 aromatic heterocycles. The van der Waals surface area contributed by atoms with Crippen molar-refractivity contribution in [2.75, 3.05) is 18.6 Å². The van der Waals surface area contributed by atoms with Crippen molar-refractivity contribution in [3.05, 3.63) is 28.7 Å². The van der Waals surface area contributed by atoms with Gasteiger partial charge in [-0.3, -0.25) is 14.4 Å². The van der Waals surface area contributed by atoms with E-state index in [2.05, 4.69) is 26.2 Å². The molecule has 96 valence electrons. The number of hydrogen-bond donors (Lipinski definition) is 1. The van der Waals surface area contributed by atoms with Gasteiger partial charge in [-0.15, -0.1) is 0 Å². The Morgan fingerprint density at radius 1 is 1.44 bits per heavy atom. The quantitative estimate of drug-likeness (QED) is 0.860. The average Bonchev–Trinajstić information content (AvgIpc) is 2.73. The Hall–Kier alpha value is -1.40. The van der Waals surface area contributed by atoms with E-state index in [9.17, 15) is 9.59 Å². The predicted molar refractivity (Wildman–Crippen MR) is 69.8 cm³/mol. The lowest BCUT2D eigenvalue weighted by molar-refractivity contribution is -0.135. The third-order valence-electron chi connectivity index (χ3n) is 2.84. The molecule has 0 saturated carbocycles. The van der Waals surface area contributed by atoms with Crippen molar-refractivity contribution in [3.8, 4) is 0 Å². The molecule has 1 aliphatic rings. The lowest BCUT2D eigenvalue weighted by Crippen LogP contribution is -2.32. The van der Waals surface area contributed by atoms with Gasteiger partial charge in [-0.2, -0.15) is 0 Å². The summed E-state index contributed by atoms with van der Waals surface area (Å²) < 4.78 is 0.951. The molecule has 5 nitrogen and oxygen atoms in total. The molecule has 1 fully saturated rings. The molecule has 18 heavy (non-hydrogen) atoms. The minimum atomic E-state index is -0.360. The first-order valence-electron chi connectivity index (χ1n) is 5.50. The van der Waals surface area contributed by atoms with Crippen molar-refractivity contribution in [1.29, 1.82) is 0 Å². The van der Waals surface area contributed by atoms with E-state index in [1.54, 1.807) is 4.90 Å². The average molecular weight is 313 g/mol. The summed E-state index contributed by atoms with van der Waals surface area (Å²) in [7, 11) is 1.38. The van der Waals surface area contributed by atoms with Crippen molar-refractivity contribution < 1.29 is 14.4 Å². The topological polar surface area (TPSA) is 58.6 Å². The number of hydroxylamine groups is 1. The van der Waals surface area contributed by atoms with Gasteiger partial charge in [0.2, 0.25) is 11.8 Å². The molecule has 1 unspecified atom stereocenters. The molecule has 1 aliphatic heterocycles. The van der Waals surface area contributed by atoms with Gasteiger partial charge in [-0.25, -0.2) is 5.48 Å². The number of amides is 2. The van der Waals surface area contributed by atoms with Crippen LogP contribution in [-0.4, -0.2) is 25.5 Å². The van der Waals surface area contributed by atoms with Crippen LogP contribution in [0.2, 0.25) is 0 Å². The second kappa shape index (κ2) is 5.49. The van der Waals surface area contributed by atoms with Crippen molar-refractivity contribution in [2.45, 2.75) is 6.42 Å². The maximum absolute atomic E-state index is 11.9. The highest BCUT2D eigenvalue weighted by molar-refractivity contribution is 9.10. The molecule has 0 aliphatic carbocycles. The molecule has 1 saturated heterocycles. The van der Waals surface area contributed by atoms with Gasteiger partial charge in [-0.05, 0) is 24.3 Å². The molecule has 0 spiro atoms. The first kappa shape index (κ1) is 13.0. The van der Waals surface area contributed by atoms with Gasteiger partial charge in [0.1, 0.15) is 0 Å². The second-order valence-electron chi connectivity index (χ2n) is 4.05. The second-order valence-corrected chi connectivity index (χ2v) is 4.97. The summed E-state index contributed by atoms with van der Waals surface area (Å²) in [4.78, 5) is 29.7. The van der Waals surface area contributed by atoms with Crippen LogP contribution in [0.15, 0.2) is 28.7 Å². The van der Waals surface area contributed by atoms with Crippen LogP contribution in [0.5, 0.6) is 0 Å². The number of carbonyl (C=O) groups excluding carboxylic acids is 2. The Morgan fingerprint density at radius 2 is 2.11 bits per heavy atom. The van der Waals surface area contributed by atoms with E-state index in [0.29, 0.717) is 6.54 Å². The SMILES string of the molecule is CONC(=O)C1CC(=O)N(c2ccc(Br)cc2)C1. The number of rotatable bonds is 3. The molecule has 6 heteroatoms. The van der Waals surface area contributed by atoms with Gasteiger partial charge >= 0.3 is 0 Å². The highest BCUT2D eigenvalue weighted by Gasteiger charge is 2.35. The number of anilines is 1. The van der Waals surface area contributed by atoms with E-state index in [4.69, 9.17) is 0 Å². The summed E-state index contributed by atoms with van der Waals surface area (Å²) in [6.45, 7) is 0.385. The van der Waals surface area contributed by atoms with Crippen molar-refractivity contribution in [1.82, 2.24) is 5.48 Å². The van der Waals surface area contributed by atoms with Gasteiger partial charge in [0.15, 0.2) is 0 Å². The van der Waals surface area contributed by atoms with Gasteiger partial charge < -0.3 is 4.90 Å². The van der Waals surface area contributed by atoms with Gasteiger partial charge in [0.05, 0.1) is 13.0 Å². The lowest BCUT2D eigenvalue weighted by atomic mass is 10.1. The monoisotopic (exact) mass is 312 g/mol. The molecule has 1 aromatic rings. The van der Waals surface area contributed by atoms with Crippen molar-refractivity contribution >= 4 is 33.4 Å². The van der Waals surface area contributed by atoms with Gasteiger partial charge in [-0.1, -0.05) is 15.9 Å². The Bertz CT molecular complexity index is 461. The maximum Gasteiger partial charge on any atom is 0.248 e. The summed E-state index contributed by atoms with van der Waals surface area (Å²) >= 11 is 3.34. The number of carbonyl (C=O) groups is 2. The van der Waals surface area contributed by atoms with E-state index in [1.807, 2.05) is 24.3 Å². The fourth-order valence-corrected chi connectivity index (χ4v) is 2.20. The van der Waals surface area contributed by atoms with Crippen LogP contribution in [0.25, 0.3) is 0 Å². The standard InChI is InChI=1S/C12H13BrN2O3/c1-18-14-12(17)8-6-11(16)15(7-8)10-4-2-9(13)3-5-10/h2-5,8H,6-7H2,1H3,(H,14,17). The van der Waals surface area contributed by atoms with Crippen LogP contribution in [0.4, 0.5) is 5.69 Å². The van der Waals surface area contributed by atoms with Crippen LogP contribution in [0.1, 0.15) is 6.42 Å². The smallest absolute Gasteiger partial charge is 0.248 e. The molecule has 0 bridgehead atoms. The maximum atomic E-state index is 11.9. The van der Waals surface area contributed by atoms with Gasteiger partial charge in [0, 0.05) is 23.1 Å². The number of halogens is 1. The molecule has 0 radical (unpaired) electrons. The first-order valence-corrected chi connectivity index (χ1v) is 6.30. The summed E-state index contributed by atoms with van der Waals surface area (Å²) in [6.07, 6.45) is 0.214. The zero-order chi connectivity index (χ0) is 13.1. The van der Waals surface area contributed by atoms with E-state index in [-0.39, 0.29) is 24.2 Å². The highest BCUT2D eigenvalue weighted by Crippen LogP contribution is 2.26. The lowest BCUT2D eigenvalue weighted by Gasteiger charge is -2.16. The van der Waals surface area contributed by atoms with E-state index < -0.39 is 0 Å². The molecular formula is C12H13BrN2O3. The van der Waals surface area contributed by atoms with Crippen LogP contribution >= 0.6 is 15.9 Å². The summed E-state index contributed by atoms with van der Waals surface area (Å²) in [5.41, 5.74) is 3.07. The largest absolute Gasteiger partial charge is 0.312 e. The predicted octanol–water partition coefficient (Wildman–Crippen LogP) is 1.48. The molecule has 1 aromatic carbocycles. The Kier molecular flexibility index (Phi) is 3.98.